The Kier molecular flexibility index (Phi) is 5.64. The molecule has 2 heterocycles. The van der Waals surface area contributed by atoms with Crippen molar-refractivity contribution in [3.05, 3.63) is 0 Å². The van der Waals surface area contributed by atoms with Gasteiger partial charge in [-0.05, 0) is 68.2 Å². The highest BCUT2D eigenvalue weighted by molar-refractivity contribution is 5.05. The standard InChI is InChI=1S/C23H42FN3/c1-4-25-11-13-26(14-12-25)19-23(24)9-7-22(8-10-23)17-27(18-22)16-21(5-6-21)15-20(2)3/h20H,4-19H2,1-3H3. The largest absolute Gasteiger partial charge is 0.302 e. The highest BCUT2D eigenvalue weighted by Gasteiger charge is 2.53. The maximum Gasteiger partial charge on any atom is 0.123 e. The van der Waals surface area contributed by atoms with Crippen LogP contribution in [0.5, 0.6) is 0 Å². The SMILES string of the molecule is CCN1CCN(CC2(F)CCC3(CC2)CN(CC2(CC(C)C)CC2)C3)CC1. The highest BCUT2D eigenvalue weighted by atomic mass is 19.1. The average molecular weight is 380 g/mol. The summed E-state index contributed by atoms with van der Waals surface area (Å²) in [6, 6.07) is 0. The summed E-state index contributed by atoms with van der Waals surface area (Å²) in [5.41, 5.74) is 0.189. The number of rotatable bonds is 7. The van der Waals surface area contributed by atoms with Gasteiger partial charge in [0.05, 0.1) is 0 Å². The molecule has 2 saturated carbocycles. The second kappa shape index (κ2) is 7.57. The van der Waals surface area contributed by atoms with Gasteiger partial charge in [-0.2, -0.15) is 0 Å². The summed E-state index contributed by atoms with van der Waals surface area (Å²) < 4.78 is 15.5. The molecule has 2 aliphatic carbocycles. The van der Waals surface area contributed by atoms with Crippen molar-refractivity contribution in [3.63, 3.8) is 0 Å². The van der Waals surface area contributed by atoms with Crippen molar-refractivity contribution in [1.29, 1.82) is 0 Å². The number of likely N-dealkylation sites (tertiary alicyclic amines) is 1. The molecule has 2 saturated heterocycles. The van der Waals surface area contributed by atoms with E-state index in [-0.39, 0.29) is 0 Å². The average Bonchev–Trinajstić information content (AvgIpc) is 3.35. The number of halogens is 1. The predicted molar refractivity (Wildman–Crippen MR) is 111 cm³/mol. The summed E-state index contributed by atoms with van der Waals surface area (Å²) in [7, 11) is 0. The molecule has 0 N–H and O–H groups in total. The van der Waals surface area contributed by atoms with E-state index in [0.717, 1.165) is 64.3 Å². The lowest BCUT2D eigenvalue weighted by atomic mass is 9.64. The first kappa shape index (κ1) is 20.1. The molecule has 0 unspecified atom stereocenters. The van der Waals surface area contributed by atoms with Crippen LogP contribution in [0.25, 0.3) is 0 Å². The van der Waals surface area contributed by atoms with Gasteiger partial charge < -0.3 is 9.80 Å². The molecular weight excluding hydrogens is 337 g/mol. The molecule has 0 radical (unpaired) electrons. The zero-order valence-corrected chi connectivity index (χ0v) is 18.1. The van der Waals surface area contributed by atoms with Crippen LogP contribution in [0.2, 0.25) is 0 Å². The Hall–Kier alpha value is -0.190. The lowest BCUT2D eigenvalue weighted by Gasteiger charge is -2.56. The van der Waals surface area contributed by atoms with Gasteiger partial charge in [0, 0.05) is 52.4 Å². The summed E-state index contributed by atoms with van der Waals surface area (Å²) in [5.74, 6) is 0.823. The summed E-state index contributed by atoms with van der Waals surface area (Å²) in [6.07, 6.45) is 8.10. The maximum absolute atomic E-state index is 15.5. The molecule has 4 rings (SSSR count). The monoisotopic (exact) mass is 379 g/mol. The van der Waals surface area contributed by atoms with Crippen LogP contribution in [-0.2, 0) is 0 Å². The number of piperazine rings is 1. The van der Waals surface area contributed by atoms with Crippen LogP contribution in [0.15, 0.2) is 0 Å². The zero-order chi connectivity index (χ0) is 19.1. The molecule has 0 amide bonds. The Morgan fingerprint density at radius 3 is 1.89 bits per heavy atom. The molecule has 0 aromatic rings. The molecule has 156 valence electrons. The van der Waals surface area contributed by atoms with Crippen molar-refractivity contribution in [1.82, 2.24) is 14.7 Å². The van der Waals surface area contributed by atoms with Gasteiger partial charge in [-0.3, -0.25) is 4.90 Å². The molecule has 3 nitrogen and oxygen atoms in total. The van der Waals surface area contributed by atoms with Gasteiger partial charge in [0.15, 0.2) is 0 Å². The molecule has 0 bridgehead atoms. The van der Waals surface area contributed by atoms with Crippen LogP contribution in [-0.4, -0.2) is 79.3 Å². The molecule has 27 heavy (non-hydrogen) atoms. The lowest BCUT2D eigenvalue weighted by Crippen LogP contribution is -2.61. The zero-order valence-electron chi connectivity index (χ0n) is 18.1. The fourth-order valence-corrected chi connectivity index (χ4v) is 6.33. The normalized spacial score (nSPS) is 30.6. The van der Waals surface area contributed by atoms with Crippen molar-refractivity contribution in [2.75, 3.05) is 58.9 Å². The quantitative estimate of drug-likeness (QED) is 0.661. The second-order valence-corrected chi connectivity index (χ2v) is 11.1. The third-order valence-corrected chi connectivity index (χ3v) is 8.10. The molecule has 2 aliphatic heterocycles. The van der Waals surface area contributed by atoms with E-state index in [2.05, 4.69) is 35.5 Å². The van der Waals surface area contributed by atoms with Gasteiger partial charge in [0.2, 0.25) is 0 Å². The Balaban J connectivity index is 1.19. The molecule has 0 aromatic heterocycles. The summed E-state index contributed by atoms with van der Waals surface area (Å²) in [6.45, 7) is 16.9. The minimum absolute atomic E-state index is 0.463. The van der Waals surface area contributed by atoms with Crippen LogP contribution >= 0.6 is 0 Å². The first-order valence-electron chi connectivity index (χ1n) is 11.7. The third-order valence-electron chi connectivity index (χ3n) is 8.10. The Morgan fingerprint density at radius 2 is 1.37 bits per heavy atom. The lowest BCUT2D eigenvalue weighted by molar-refractivity contribution is -0.0810. The molecule has 4 aliphatic rings. The smallest absolute Gasteiger partial charge is 0.123 e. The van der Waals surface area contributed by atoms with Crippen LogP contribution in [0.1, 0.15) is 65.7 Å². The van der Waals surface area contributed by atoms with E-state index in [4.69, 9.17) is 0 Å². The topological polar surface area (TPSA) is 9.72 Å². The van der Waals surface area contributed by atoms with E-state index in [0.29, 0.717) is 17.4 Å². The molecular formula is C23H42FN3. The first-order chi connectivity index (χ1) is 12.8. The van der Waals surface area contributed by atoms with Crippen molar-refractivity contribution in [3.8, 4) is 0 Å². The van der Waals surface area contributed by atoms with E-state index in [1.54, 1.807) is 0 Å². The Morgan fingerprint density at radius 1 is 0.778 bits per heavy atom. The van der Waals surface area contributed by atoms with E-state index in [1.165, 1.54) is 38.9 Å². The number of hydrogen-bond donors (Lipinski definition) is 0. The third kappa shape index (κ3) is 4.70. The number of likely N-dealkylation sites (N-methyl/N-ethyl adjacent to an activating group) is 1. The van der Waals surface area contributed by atoms with Gasteiger partial charge in [-0.1, -0.05) is 20.8 Å². The summed E-state index contributed by atoms with van der Waals surface area (Å²) in [5, 5.41) is 0. The highest BCUT2D eigenvalue weighted by Crippen LogP contribution is 2.54. The minimum Gasteiger partial charge on any atom is -0.302 e. The number of hydrogen-bond acceptors (Lipinski definition) is 3. The van der Waals surface area contributed by atoms with Gasteiger partial charge >= 0.3 is 0 Å². The first-order valence-corrected chi connectivity index (χ1v) is 11.7. The van der Waals surface area contributed by atoms with Gasteiger partial charge in [0.25, 0.3) is 0 Å². The Labute approximate surface area is 166 Å². The maximum atomic E-state index is 15.5. The van der Waals surface area contributed by atoms with Crippen molar-refractivity contribution in [2.45, 2.75) is 71.4 Å². The van der Waals surface area contributed by atoms with Gasteiger partial charge in [-0.25, -0.2) is 4.39 Å². The second-order valence-electron chi connectivity index (χ2n) is 11.1. The fraction of sp³-hybridized carbons (Fsp3) is 1.00. The molecule has 0 aromatic carbocycles. The predicted octanol–water partition coefficient (Wildman–Crippen LogP) is 4.03. The summed E-state index contributed by atoms with van der Waals surface area (Å²) in [4.78, 5) is 7.57. The van der Waals surface area contributed by atoms with Crippen LogP contribution in [0, 0.1) is 16.7 Å². The van der Waals surface area contributed by atoms with E-state index in [9.17, 15) is 0 Å². The molecule has 4 fully saturated rings. The minimum atomic E-state index is -0.921. The van der Waals surface area contributed by atoms with E-state index >= 15 is 4.39 Å². The van der Waals surface area contributed by atoms with Crippen LogP contribution < -0.4 is 0 Å². The van der Waals surface area contributed by atoms with E-state index in [1.807, 2.05) is 0 Å². The summed E-state index contributed by atoms with van der Waals surface area (Å²) >= 11 is 0. The molecule has 0 atom stereocenters. The van der Waals surface area contributed by atoms with Crippen molar-refractivity contribution in [2.24, 2.45) is 16.7 Å². The van der Waals surface area contributed by atoms with Gasteiger partial charge in [0.1, 0.15) is 5.67 Å². The number of nitrogens with zero attached hydrogens (tertiary/aromatic N) is 3. The van der Waals surface area contributed by atoms with E-state index < -0.39 is 5.67 Å². The van der Waals surface area contributed by atoms with Crippen LogP contribution in [0.3, 0.4) is 0 Å². The van der Waals surface area contributed by atoms with Gasteiger partial charge in [-0.15, -0.1) is 0 Å². The Bertz CT molecular complexity index is 492. The van der Waals surface area contributed by atoms with Crippen molar-refractivity contribution < 1.29 is 4.39 Å². The fourth-order valence-electron chi connectivity index (χ4n) is 6.33. The number of alkyl halides is 1. The molecule has 1 spiro atoms. The molecule has 4 heteroatoms. The van der Waals surface area contributed by atoms with Crippen LogP contribution in [0.4, 0.5) is 4.39 Å². The van der Waals surface area contributed by atoms with Crippen molar-refractivity contribution >= 4 is 0 Å².